The zero-order valence-corrected chi connectivity index (χ0v) is 11.1. The molecule has 0 atom stereocenters. The van der Waals surface area contributed by atoms with E-state index in [2.05, 4.69) is 4.72 Å². The SMILES string of the molecule is NCc1ccc(S(=O)(=O)Nc2cc(F)ccc2Cl)o1. The highest BCUT2D eigenvalue weighted by Gasteiger charge is 2.20. The van der Waals surface area contributed by atoms with Gasteiger partial charge >= 0.3 is 0 Å². The molecule has 0 unspecified atom stereocenters. The van der Waals surface area contributed by atoms with Crippen molar-refractivity contribution in [3.8, 4) is 0 Å². The third-order valence-corrected chi connectivity index (χ3v) is 3.84. The van der Waals surface area contributed by atoms with Crippen molar-refractivity contribution >= 4 is 27.3 Å². The Balaban J connectivity index is 2.33. The summed E-state index contributed by atoms with van der Waals surface area (Å²) >= 11 is 5.78. The molecule has 1 heterocycles. The second kappa shape index (κ2) is 5.20. The summed E-state index contributed by atoms with van der Waals surface area (Å²) in [6.45, 7) is 0.0796. The van der Waals surface area contributed by atoms with Crippen LogP contribution in [0, 0.1) is 5.82 Å². The van der Waals surface area contributed by atoms with Gasteiger partial charge in [0.2, 0.25) is 5.09 Å². The van der Waals surface area contributed by atoms with E-state index in [1.165, 1.54) is 18.2 Å². The predicted molar refractivity (Wildman–Crippen MR) is 68.8 cm³/mol. The summed E-state index contributed by atoms with van der Waals surface area (Å²) in [7, 11) is -3.97. The van der Waals surface area contributed by atoms with Gasteiger partial charge in [-0.3, -0.25) is 4.72 Å². The molecule has 8 heteroatoms. The number of hydrogen-bond donors (Lipinski definition) is 2. The summed E-state index contributed by atoms with van der Waals surface area (Å²) in [6.07, 6.45) is 0. The first kappa shape index (κ1) is 13.9. The molecular weight excluding hydrogens is 295 g/mol. The third kappa shape index (κ3) is 3.06. The lowest BCUT2D eigenvalue weighted by Crippen LogP contribution is -2.12. The second-order valence-electron chi connectivity index (χ2n) is 3.65. The highest BCUT2D eigenvalue weighted by molar-refractivity contribution is 7.92. The molecular formula is C11H10ClFN2O3S. The van der Waals surface area contributed by atoms with E-state index < -0.39 is 15.8 Å². The van der Waals surface area contributed by atoms with Gasteiger partial charge in [-0.15, -0.1) is 0 Å². The lowest BCUT2D eigenvalue weighted by molar-refractivity contribution is 0.417. The Kier molecular flexibility index (Phi) is 3.79. The number of benzene rings is 1. The van der Waals surface area contributed by atoms with Gasteiger partial charge in [-0.25, -0.2) is 4.39 Å². The van der Waals surface area contributed by atoms with Crippen LogP contribution in [0.1, 0.15) is 5.76 Å². The first-order valence-electron chi connectivity index (χ1n) is 5.19. The number of hydrogen-bond acceptors (Lipinski definition) is 4. The van der Waals surface area contributed by atoms with Gasteiger partial charge in [-0.05, 0) is 30.3 Å². The zero-order chi connectivity index (χ0) is 14.0. The van der Waals surface area contributed by atoms with Crippen LogP contribution >= 0.6 is 11.6 Å². The van der Waals surface area contributed by atoms with Gasteiger partial charge in [0.1, 0.15) is 11.6 Å². The molecule has 0 radical (unpaired) electrons. The Bertz CT molecular complexity index is 700. The number of halogens is 2. The molecule has 0 saturated heterocycles. The summed E-state index contributed by atoms with van der Waals surface area (Å²) in [5.74, 6) is -0.282. The number of nitrogens with one attached hydrogen (secondary N) is 1. The quantitative estimate of drug-likeness (QED) is 0.908. The van der Waals surface area contributed by atoms with Crippen molar-refractivity contribution in [2.75, 3.05) is 4.72 Å². The molecule has 0 bridgehead atoms. The summed E-state index contributed by atoms with van der Waals surface area (Å²) in [4.78, 5) is 0. The van der Waals surface area contributed by atoms with Crippen LogP contribution < -0.4 is 10.5 Å². The highest BCUT2D eigenvalue weighted by Crippen LogP contribution is 2.25. The Morgan fingerprint density at radius 2 is 2.05 bits per heavy atom. The molecule has 1 aromatic carbocycles. The molecule has 0 aliphatic carbocycles. The summed E-state index contributed by atoms with van der Waals surface area (Å²) in [5, 5.41) is -0.233. The normalized spacial score (nSPS) is 11.5. The molecule has 0 saturated carbocycles. The number of anilines is 1. The molecule has 0 fully saturated rings. The first-order valence-corrected chi connectivity index (χ1v) is 7.05. The first-order chi connectivity index (χ1) is 8.92. The molecule has 1 aromatic heterocycles. The van der Waals surface area contributed by atoms with Crippen molar-refractivity contribution in [1.82, 2.24) is 0 Å². The van der Waals surface area contributed by atoms with Gasteiger partial charge in [0.25, 0.3) is 10.0 Å². The standard InChI is InChI=1S/C11H10ClFN2O3S/c12-9-3-1-7(13)5-10(9)15-19(16,17)11-4-2-8(6-14)18-11/h1-5,15H,6,14H2. The van der Waals surface area contributed by atoms with Crippen molar-refractivity contribution < 1.29 is 17.2 Å². The number of nitrogens with two attached hydrogens (primary N) is 1. The molecule has 0 aliphatic rings. The van der Waals surface area contributed by atoms with E-state index in [1.807, 2.05) is 0 Å². The van der Waals surface area contributed by atoms with E-state index in [-0.39, 0.29) is 22.3 Å². The van der Waals surface area contributed by atoms with E-state index in [9.17, 15) is 12.8 Å². The number of furan rings is 1. The van der Waals surface area contributed by atoms with Crippen LogP contribution in [-0.2, 0) is 16.6 Å². The van der Waals surface area contributed by atoms with Crippen molar-refractivity contribution in [2.45, 2.75) is 11.6 Å². The van der Waals surface area contributed by atoms with E-state index >= 15 is 0 Å². The van der Waals surface area contributed by atoms with Gasteiger partial charge in [0, 0.05) is 0 Å². The van der Waals surface area contributed by atoms with Crippen molar-refractivity contribution in [3.63, 3.8) is 0 Å². The zero-order valence-electron chi connectivity index (χ0n) is 9.56. The summed E-state index contributed by atoms with van der Waals surface area (Å²) < 4.78 is 44.2. The monoisotopic (exact) mass is 304 g/mol. The largest absolute Gasteiger partial charge is 0.446 e. The van der Waals surface area contributed by atoms with Crippen LogP contribution in [0.2, 0.25) is 5.02 Å². The maximum atomic E-state index is 13.1. The molecule has 0 aliphatic heterocycles. The lowest BCUT2D eigenvalue weighted by Gasteiger charge is -2.07. The van der Waals surface area contributed by atoms with Crippen molar-refractivity contribution in [2.24, 2.45) is 5.73 Å². The summed E-state index contributed by atoms with van der Waals surface area (Å²) in [5.41, 5.74) is 5.26. The van der Waals surface area contributed by atoms with Crippen LogP contribution in [0.15, 0.2) is 39.8 Å². The van der Waals surface area contributed by atoms with Gasteiger partial charge in [-0.1, -0.05) is 11.6 Å². The smallest absolute Gasteiger partial charge is 0.295 e. The average molecular weight is 305 g/mol. The van der Waals surface area contributed by atoms with Crippen molar-refractivity contribution in [3.05, 3.63) is 46.9 Å². The molecule has 3 N–H and O–H groups in total. The minimum Gasteiger partial charge on any atom is -0.446 e. The lowest BCUT2D eigenvalue weighted by atomic mass is 10.3. The van der Waals surface area contributed by atoms with E-state index in [4.69, 9.17) is 21.8 Å². The molecule has 0 amide bonds. The highest BCUT2D eigenvalue weighted by atomic mass is 35.5. The Morgan fingerprint density at radius 3 is 2.68 bits per heavy atom. The third-order valence-electron chi connectivity index (χ3n) is 2.28. The fourth-order valence-electron chi connectivity index (χ4n) is 1.38. The maximum Gasteiger partial charge on any atom is 0.295 e. The molecule has 0 spiro atoms. The van der Waals surface area contributed by atoms with E-state index in [0.717, 1.165) is 12.1 Å². The fraction of sp³-hybridized carbons (Fsp3) is 0.0909. The van der Waals surface area contributed by atoms with Crippen LogP contribution in [0.4, 0.5) is 10.1 Å². The Labute approximate surface area is 114 Å². The van der Waals surface area contributed by atoms with Gasteiger partial charge in [-0.2, -0.15) is 8.42 Å². The topological polar surface area (TPSA) is 85.3 Å². The molecule has 102 valence electrons. The van der Waals surface area contributed by atoms with Crippen LogP contribution in [-0.4, -0.2) is 8.42 Å². The molecule has 5 nitrogen and oxygen atoms in total. The van der Waals surface area contributed by atoms with Crippen molar-refractivity contribution in [1.29, 1.82) is 0 Å². The fourth-order valence-corrected chi connectivity index (χ4v) is 2.63. The van der Waals surface area contributed by atoms with Gasteiger partial charge in [0.15, 0.2) is 0 Å². The maximum absolute atomic E-state index is 13.1. The van der Waals surface area contributed by atoms with Gasteiger partial charge in [0.05, 0.1) is 17.3 Å². The van der Waals surface area contributed by atoms with E-state index in [0.29, 0.717) is 5.76 Å². The number of rotatable bonds is 4. The van der Waals surface area contributed by atoms with Gasteiger partial charge < -0.3 is 10.2 Å². The second-order valence-corrected chi connectivity index (χ2v) is 5.68. The Hall–Kier alpha value is -1.57. The number of sulfonamides is 1. The minimum absolute atomic E-state index is 0.0626. The minimum atomic E-state index is -3.97. The van der Waals surface area contributed by atoms with Crippen LogP contribution in [0.5, 0.6) is 0 Å². The average Bonchev–Trinajstić information content (AvgIpc) is 2.83. The molecule has 2 aromatic rings. The molecule has 2 rings (SSSR count). The molecule has 19 heavy (non-hydrogen) atoms. The predicted octanol–water partition coefficient (Wildman–Crippen LogP) is 2.33. The Morgan fingerprint density at radius 1 is 1.32 bits per heavy atom. The summed E-state index contributed by atoms with van der Waals surface area (Å²) in [6, 6.07) is 6.06. The van der Waals surface area contributed by atoms with Crippen LogP contribution in [0.25, 0.3) is 0 Å². The van der Waals surface area contributed by atoms with Crippen LogP contribution in [0.3, 0.4) is 0 Å². The van der Waals surface area contributed by atoms with E-state index in [1.54, 1.807) is 0 Å².